The SMILES string of the molecule is CC(C)OC[C@H](Oc1cccc(Cl)c1Cl)[C@@H]1CCNC1. The van der Waals surface area contributed by atoms with Crippen LogP contribution in [-0.2, 0) is 4.74 Å². The van der Waals surface area contributed by atoms with Crippen LogP contribution < -0.4 is 10.1 Å². The normalized spacial score (nSPS) is 20.4. The Morgan fingerprint density at radius 2 is 2.15 bits per heavy atom. The average Bonchev–Trinajstić information content (AvgIpc) is 2.93. The fourth-order valence-electron chi connectivity index (χ4n) is 2.29. The smallest absolute Gasteiger partial charge is 0.139 e. The Bertz CT molecular complexity index is 434. The molecule has 1 saturated heterocycles. The summed E-state index contributed by atoms with van der Waals surface area (Å²) in [5, 5.41) is 4.34. The molecule has 112 valence electrons. The molecule has 3 nitrogen and oxygen atoms in total. The van der Waals surface area contributed by atoms with Gasteiger partial charge in [-0.3, -0.25) is 0 Å². The summed E-state index contributed by atoms with van der Waals surface area (Å²) in [6.45, 7) is 6.58. The molecule has 0 saturated carbocycles. The van der Waals surface area contributed by atoms with Crippen LogP contribution in [0.1, 0.15) is 20.3 Å². The first-order valence-electron chi connectivity index (χ1n) is 7.01. The fraction of sp³-hybridized carbons (Fsp3) is 0.600. The van der Waals surface area contributed by atoms with Crippen LogP contribution >= 0.6 is 23.2 Å². The summed E-state index contributed by atoms with van der Waals surface area (Å²) in [7, 11) is 0. The molecule has 0 aromatic heterocycles. The van der Waals surface area contributed by atoms with E-state index >= 15 is 0 Å². The van der Waals surface area contributed by atoms with Crippen molar-refractivity contribution >= 4 is 23.2 Å². The maximum Gasteiger partial charge on any atom is 0.139 e. The Morgan fingerprint density at radius 1 is 1.35 bits per heavy atom. The van der Waals surface area contributed by atoms with Crippen molar-refractivity contribution in [3.8, 4) is 5.75 Å². The summed E-state index contributed by atoms with van der Waals surface area (Å²) in [5.74, 6) is 1.06. The molecule has 0 aliphatic carbocycles. The molecular weight excluding hydrogens is 297 g/mol. The molecule has 0 bridgehead atoms. The molecule has 1 aliphatic rings. The van der Waals surface area contributed by atoms with E-state index in [-0.39, 0.29) is 12.2 Å². The zero-order chi connectivity index (χ0) is 14.5. The minimum atomic E-state index is -0.0108. The maximum atomic E-state index is 6.19. The van der Waals surface area contributed by atoms with Gasteiger partial charge in [0.05, 0.1) is 17.7 Å². The third-order valence-corrected chi connectivity index (χ3v) is 4.21. The fourth-order valence-corrected chi connectivity index (χ4v) is 2.62. The quantitative estimate of drug-likeness (QED) is 0.866. The van der Waals surface area contributed by atoms with Crippen LogP contribution in [0.5, 0.6) is 5.75 Å². The highest BCUT2D eigenvalue weighted by Gasteiger charge is 2.27. The lowest BCUT2D eigenvalue weighted by molar-refractivity contribution is -0.00362. The van der Waals surface area contributed by atoms with Crippen LogP contribution in [0.25, 0.3) is 0 Å². The molecule has 0 radical (unpaired) electrons. The van der Waals surface area contributed by atoms with E-state index in [0.717, 1.165) is 19.5 Å². The van der Waals surface area contributed by atoms with Crippen LogP contribution in [0.2, 0.25) is 10.0 Å². The average molecular weight is 318 g/mol. The topological polar surface area (TPSA) is 30.5 Å². The van der Waals surface area contributed by atoms with Crippen LogP contribution in [0.15, 0.2) is 18.2 Å². The van der Waals surface area contributed by atoms with E-state index in [0.29, 0.717) is 28.3 Å². The largest absolute Gasteiger partial charge is 0.486 e. The van der Waals surface area contributed by atoms with E-state index < -0.39 is 0 Å². The second-order valence-corrected chi connectivity index (χ2v) is 6.13. The van der Waals surface area contributed by atoms with Crippen LogP contribution in [0.3, 0.4) is 0 Å². The van der Waals surface area contributed by atoms with Gasteiger partial charge in [0.15, 0.2) is 0 Å². The van der Waals surface area contributed by atoms with Gasteiger partial charge in [0.1, 0.15) is 16.9 Å². The van der Waals surface area contributed by atoms with Gasteiger partial charge in [-0.2, -0.15) is 0 Å². The molecule has 1 aliphatic heterocycles. The van der Waals surface area contributed by atoms with Gasteiger partial charge >= 0.3 is 0 Å². The highest BCUT2D eigenvalue weighted by molar-refractivity contribution is 6.42. The molecule has 0 spiro atoms. The summed E-state index contributed by atoms with van der Waals surface area (Å²) in [6.07, 6.45) is 1.26. The summed E-state index contributed by atoms with van der Waals surface area (Å²) in [5.41, 5.74) is 0. The standard InChI is InChI=1S/C15H21Cl2NO2/c1-10(2)19-9-14(11-6-7-18-8-11)20-13-5-3-4-12(16)15(13)17/h3-5,10-11,14,18H,6-9H2,1-2H3/t11-,14+/m1/s1. The lowest BCUT2D eigenvalue weighted by Gasteiger charge is -2.25. The molecule has 1 aromatic carbocycles. The lowest BCUT2D eigenvalue weighted by Crippen LogP contribution is -2.34. The number of hydrogen-bond donors (Lipinski definition) is 1. The minimum absolute atomic E-state index is 0.0108. The number of nitrogens with one attached hydrogen (secondary N) is 1. The zero-order valence-electron chi connectivity index (χ0n) is 11.9. The van der Waals surface area contributed by atoms with Gasteiger partial charge in [0, 0.05) is 12.5 Å². The summed E-state index contributed by atoms with van der Waals surface area (Å²) in [4.78, 5) is 0. The van der Waals surface area contributed by atoms with Crippen molar-refractivity contribution in [2.75, 3.05) is 19.7 Å². The molecule has 20 heavy (non-hydrogen) atoms. The molecule has 2 atom stereocenters. The predicted molar refractivity (Wildman–Crippen MR) is 82.9 cm³/mol. The van der Waals surface area contributed by atoms with Crippen molar-refractivity contribution in [3.63, 3.8) is 0 Å². The molecule has 1 heterocycles. The van der Waals surface area contributed by atoms with Crippen molar-refractivity contribution < 1.29 is 9.47 Å². The highest BCUT2D eigenvalue weighted by atomic mass is 35.5. The van der Waals surface area contributed by atoms with Crippen LogP contribution in [0.4, 0.5) is 0 Å². The zero-order valence-corrected chi connectivity index (χ0v) is 13.4. The second-order valence-electron chi connectivity index (χ2n) is 5.34. The monoisotopic (exact) mass is 317 g/mol. The van der Waals surface area contributed by atoms with Crippen molar-refractivity contribution in [1.82, 2.24) is 5.32 Å². The predicted octanol–water partition coefficient (Wildman–Crippen LogP) is 3.78. The molecule has 1 aromatic rings. The third-order valence-electron chi connectivity index (χ3n) is 3.41. The van der Waals surface area contributed by atoms with E-state index in [2.05, 4.69) is 5.32 Å². The van der Waals surface area contributed by atoms with E-state index in [4.69, 9.17) is 32.7 Å². The molecule has 1 fully saturated rings. The number of hydrogen-bond acceptors (Lipinski definition) is 3. The summed E-state index contributed by atoms with van der Waals surface area (Å²) in [6, 6.07) is 5.45. The van der Waals surface area contributed by atoms with Gasteiger partial charge in [0.2, 0.25) is 0 Å². The molecule has 1 N–H and O–H groups in total. The Labute approximate surface area is 130 Å². The number of rotatable bonds is 6. The first-order valence-corrected chi connectivity index (χ1v) is 7.76. The first kappa shape index (κ1) is 15.9. The van der Waals surface area contributed by atoms with Crippen molar-refractivity contribution in [2.45, 2.75) is 32.5 Å². The van der Waals surface area contributed by atoms with Crippen LogP contribution in [-0.4, -0.2) is 31.9 Å². The molecule has 0 amide bonds. The molecular formula is C15H21Cl2NO2. The number of ether oxygens (including phenoxy) is 2. The van der Waals surface area contributed by atoms with E-state index in [1.165, 1.54) is 0 Å². The van der Waals surface area contributed by atoms with Gasteiger partial charge in [-0.05, 0) is 38.9 Å². The molecule has 5 heteroatoms. The third kappa shape index (κ3) is 4.26. The lowest BCUT2D eigenvalue weighted by atomic mass is 10.0. The van der Waals surface area contributed by atoms with Gasteiger partial charge in [-0.25, -0.2) is 0 Å². The van der Waals surface area contributed by atoms with E-state index in [1.807, 2.05) is 26.0 Å². The highest BCUT2D eigenvalue weighted by Crippen LogP contribution is 2.33. The second kappa shape index (κ2) is 7.51. The first-order chi connectivity index (χ1) is 9.58. The Morgan fingerprint density at radius 3 is 2.80 bits per heavy atom. The molecule has 0 unspecified atom stereocenters. The minimum Gasteiger partial charge on any atom is -0.486 e. The number of benzene rings is 1. The van der Waals surface area contributed by atoms with Gasteiger partial charge in [-0.15, -0.1) is 0 Å². The summed E-state index contributed by atoms with van der Waals surface area (Å²) >= 11 is 12.2. The van der Waals surface area contributed by atoms with Gasteiger partial charge < -0.3 is 14.8 Å². The van der Waals surface area contributed by atoms with E-state index in [9.17, 15) is 0 Å². The van der Waals surface area contributed by atoms with E-state index in [1.54, 1.807) is 6.07 Å². The van der Waals surface area contributed by atoms with Gasteiger partial charge in [-0.1, -0.05) is 29.3 Å². The summed E-state index contributed by atoms with van der Waals surface area (Å²) < 4.78 is 11.8. The Kier molecular flexibility index (Phi) is 5.97. The van der Waals surface area contributed by atoms with Crippen LogP contribution in [0, 0.1) is 5.92 Å². The van der Waals surface area contributed by atoms with Crippen molar-refractivity contribution in [1.29, 1.82) is 0 Å². The number of halogens is 2. The van der Waals surface area contributed by atoms with Gasteiger partial charge in [0.25, 0.3) is 0 Å². The maximum absolute atomic E-state index is 6.19. The Hall–Kier alpha value is -0.480. The Balaban J connectivity index is 2.07. The van der Waals surface area contributed by atoms with Crippen molar-refractivity contribution in [3.05, 3.63) is 28.2 Å². The van der Waals surface area contributed by atoms with Crippen molar-refractivity contribution in [2.24, 2.45) is 5.92 Å². The molecule has 2 rings (SSSR count).